The fraction of sp³-hybridized carbons (Fsp3) is 0.143. The normalized spacial score (nSPS) is 14.7. The summed E-state index contributed by atoms with van der Waals surface area (Å²) < 4.78 is 2.83. The minimum Gasteiger partial charge on any atom is -0.313 e. The van der Waals surface area contributed by atoms with Crippen LogP contribution in [0.5, 0.6) is 0 Å². The Morgan fingerprint density at radius 2 is 0.633 bits per heavy atom. The van der Waals surface area contributed by atoms with E-state index in [1.165, 1.54) is 233 Å². The van der Waals surface area contributed by atoms with Gasteiger partial charge in [-0.05, 0) is 220 Å². The molecule has 0 saturated carbocycles. The maximum atomic E-state index is 2.83. The second-order valence-electron chi connectivity index (χ2n) is 34.7. The summed E-state index contributed by atoms with van der Waals surface area (Å²) in [6.45, 7) is 25.9. The van der Waals surface area contributed by atoms with Crippen LogP contribution in [-0.4, -0.2) is 18.0 Å². The Bertz CT molecular complexity index is 6700. The number of aromatic nitrogens is 1. The van der Waals surface area contributed by atoms with Gasteiger partial charge in [-0.2, -0.15) is 0 Å². The molecule has 0 N–H and O–H groups in total. The quantitative estimate of drug-likeness (QED) is 0.157. The Labute approximate surface area is 640 Å². The zero-order chi connectivity index (χ0) is 73.4. The number of nitrogens with zero attached hydrogens (tertiary/aromatic N) is 2. The summed E-state index contributed by atoms with van der Waals surface area (Å²) in [5, 5.41) is 2.44. The van der Waals surface area contributed by atoms with Gasteiger partial charge in [-0.15, -0.1) is 0 Å². The van der Waals surface area contributed by atoms with Gasteiger partial charge in [0.2, 0.25) is 13.4 Å². The van der Waals surface area contributed by atoms with Crippen molar-refractivity contribution >= 4 is 85.1 Å². The lowest BCUT2D eigenvalue weighted by Gasteiger charge is -2.45. The first-order valence-electron chi connectivity index (χ1n) is 39.4. The number of hydrogen-bond donors (Lipinski definition) is 0. The van der Waals surface area contributed by atoms with Crippen molar-refractivity contribution in [1.29, 1.82) is 0 Å². The molecule has 8 aliphatic rings. The van der Waals surface area contributed by atoms with Gasteiger partial charge in [0.25, 0.3) is 0 Å². The molecule has 516 valence electrons. The Hall–Kier alpha value is -12.0. The second-order valence-corrected chi connectivity index (χ2v) is 34.7. The molecule has 0 unspecified atom stereocenters. The maximum absolute atomic E-state index is 2.83. The van der Waals surface area contributed by atoms with E-state index in [1.54, 1.807) is 0 Å². The van der Waals surface area contributed by atoms with E-state index >= 15 is 0 Å². The number of hydrogen-bond acceptors (Lipinski definition) is 1. The maximum Gasteiger partial charge on any atom is 0.247 e. The van der Waals surface area contributed by atoms with Gasteiger partial charge >= 0.3 is 0 Å². The van der Waals surface area contributed by atoms with Crippen molar-refractivity contribution in [2.75, 3.05) is 4.90 Å². The Balaban J connectivity index is 0.941. The molecule has 0 fully saturated rings. The van der Waals surface area contributed by atoms with Crippen LogP contribution in [0.15, 0.2) is 285 Å². The number of aryl methyl sites for hydroxylation is 5. The lowest BCUT2D eigenvalue weighted by atomic mass is 9.29. The molecule has 0 saturated heterocycles. The number of para-hydroxylation sites is 2. The van der Waals surface area contributed by atoms with Crippen LogP contribution in [0.2, 0.25) is 0 Å². The van der Waals surface area contributed by atoms with Crippen LogP contribution in [-0.2, 0) is 21.7 Å². The summed E-state index contributed by atoms with van der Waals surface area (Å²) in [5.74, 6) is 0. The monoisotopic (exact) mass is 1390 g/mol. The lowest BCUT2D eigenvalue weighted by molar-refractivity contribution is 0.590. The third-order valence-electron chi connectivity index (χ3n) is 26.9. The van der Waals surface area contributed by atoms with Gasteiger partial charge in [0.15, 0.2) is 0 Å². The van der Waals surface area contributed by atoms with Crippen molar-refractivity contribution in [3.05, 3.63) is 369 Å². The predicted octanol–water partition coefficient (Wildman–Crippen LogP) is 22.1. The molecule has 1 aromatic heterocycles. The standard InChI is InChI=1S/C105H80B2N2/c1-59-50-60(2)97(61(3)51-59)106-89-55-66(102(6,7)8)45-48-93(89)109-94-49-46-67(103(9,10)11)56-90(94)107-92-58-68(57-91(106)101(92)109)108-99-78(75-32-22-31-74-73-30-16-21-43-87(73)104(95(74)75)83-39-17-12-26-69(83)70-27-13-18-40-84(70)104)35-24-37-80(99)81-38-25-36-79(100(81)108)76-33-23-34-77-82-54-64(65-52-62(4)98(107)63(5)53-65)44-47-88(82)105(96(76)77)85-41-19-14-28-71(85)72-29-15-20-42-86(72)105/h12-58H,1-11H3. The molecule has 4 aliphatic heterocycles. The highest BCUT2D eigenvalue weighted by Crippen LogP contribution is 2.67. The highest BCUT2D eigenvalue weighted by atomic mass is 15.2. The molecule has 9 bridgehead atoms. The molecule has 4 heteroatoms. The average Bonchev–Trinajstić information content (AvgIpc) is 1.56. The van der Waals surface area contributed by atoms with Crippen LogP contribution >= 0.6 is 0 Å². The third kappa shape index (κ3) is 7.99. The molecule has 4 aliphatic carbocycles. The van der Waals surface area contributed by atoms with Crippen LogP contribution in [0.1, 0.15) is 125 Å². The molecule has 24 rings (SSSR count). The predicted molar refractivity (Wildman–Crippen MR) is 461 cm³/mol. The van der Waals surface area contributed by atoms with Gasteiger partial charge in [0, 0.05) is 44.6 Å². The third-order valence-corrected chi connectivity index (χ3v) is 26.9. The first-order chi connectivity index (χ1) is 52.9. The molecule has 0 amide bonds. The van der Waals surface area contributed by atoms with E-state index in [2.05, 4.69) is 371 Å². The first kappa shape index (κ1) is 63.2. The summed E-state index contributed by atoms with van der Waals surface area (Å²) in [6, 6.07) is 114. The van der Waals surface area contributed by atoms with Crippen molar-refractivity contribution in [2.24, 2.45) is 0 Å². The number of rotatable bonds is 2. The van der Waals surface area contributed by atoms with Gasteiger partial charge < -0.3 is 9.47 Å². The smallest absolute Gasteiger partial charge is 0.247 e. The summed E-state index contributed by atoms with van der Waals surface area (Å²) >= 11 is 0. The topological polar surface area (TPSA) is 8.17 Å². The zero-order valence-electron chi connectivity index (χ0n) is 63.7. The molecule has 0 radical (unpaired) electrons. The summed E-state index contributed by atoms with van der Waals surface area (Å²) in [5.41, 5.74) is 51.4. The van der Waals surface area contributed by atoms with Crippen LogP contribution in [0, 0.1) is 34.6 Å². The molecule has 5 heterocycles. The molecule has 109 heavy (non-hydrogen) atoms. The first-order valence-corrected chi connectivity index (χ1v) is 39.4. The second kappa shape index (κ2) is 21.7. The summed E-state index contributed by atoms with van der Waals surface area (Å²) in [6.07, 6.45) is 0. The van der Waals surface area contributed by atoms with E-state index < -0.39 is 10.8 Å². The molecule has 0 atom stereocenters. The van der Waals surface area contributed by atoms with Crippen LogP contribution in [0.4, 0.5) is 17.1 Å². The molecule has 15 aromatic carbocycles. The van der Waals surface area contributed by atoms with E-state index in [0.717, 1.165) is 5.69 Å². The fourth-order valence-corrected chi connectivity index (χ4v) is 22.8. The molecular weight excluding hydrogens is 1310 g/mol. The van der Waals surface area contributed by atoms with Crippen LogP contribution < -0.4 is 37.7 Å². The van der Waals surface area contributed by atoms with E-state index in [4.69, 9.17) is 0 Å². The van der Waals surface area contributed by atoms with Gasteiger partial charge in [-0.1, -0.05) is 335 Å². The minimum absolute atomic E-state index is 0.128. The summed E-state index contributed by atoms with van der Waals surface area (Å²) in [4.78, 5) is 2.74. The Morgan fingerprint density at radius 1 is 0.284 bits per heavy atom. The highest BCUT2D eigenvalue weighted by Gasteiger charge is 2.56. The van der Waals surface area contributed by atoms with E-state index in [1.807, 2.05) is 0 Å². The van der Waals surface area contributed by atoms with Crippen LogP contribution in [0.25, 0.3) is 105 Å². The van der Waals surface area contributed by atoms with Crippen molar-refractivity contribution in [3.8, 4) is 83.6 Å². The van der Waals surface area contributed by atoms with Gasteiger partial charge in [0.05, 0.1) is 21.9 Å². The molecule has 2 spiro atoms. The average molecular weight is 1390 g/mol. The minimum atomic E-state index is -0.650. The van der Waals surface area contributed by atoms with Gasteiger partial charge in [-0.25, -0.2) is 0 Å². The fourth-order valence-electron chi connectivity index (χ4n) is 22.8. The summed E-state index contributed by atoms with van der Waals surface area (Å²) in [7, 11) is 0. The number of fused-ring (bicyclic) bond motifs is 24. The van der Waals surface area contributed by atoms with Crippen LogP contribution in [0.3, 0.4) is 0 Å². The SMILES string of the molecule is Cc1cc(C)c(B2c3cc(C(C)(C)C)ccc3N3c4ccc(C(C)(C)C)cc4B4c5cc(cc2c53)-n2c3c(-c5cccc6c5C5(c7ccccc7-c7ccccc75)c5ccccc5-6)cccc3c3cccc(c32)-c2cccc3c2C2(c5ccccc5-c5ccccc52)c2ccc(cc2-3)-c2cc(C)c4c(C)c2)c(C)c1. The van der Waals surface area contributed by atoms with Gasteiger partial charge in [0.1, 0.15) is 0 Å². The number of anilines is 3. The van der Waals surface area contributed by atoms with Crippen molar-refractivity contribution in [2.45, 2.75) is 97.8 Å². The van der Waals surface area contributed by atoms with Crippen molar-refractivity contribution in [1.82, 2.24) is 4.57 Å². The van der Waals surface area contributed by atoms with Crippen molar-refractivity contribution in [3.63, 3.8) is 0 Å². The Morgan fingerprint density at radius 3 is 1.06 bits per heavy atom. The Kier molecular flexibility index (Phi) is 12.6. The van der Waals surface area contributed by atoms with E-state index in [9.17, 15) is 0 Å². The molecular formula is C105H80B2N2. The lowest BCUT2D eigenvalue weighted by Crippen LogP contribution is -2.66. The van der Waals surface area contributed by atoms with Gasteiger partial charge in [-0.3, -0.25) is 0 Å². The molecule has 2 nitrogen and oxygen atoms in total. The number of benzene rings is 15. The highest BCUT2D eigenvalue weighted by molar-refractivity contribution is 7.02. The molecule has 16 aromatic rings. The van der Waals surface area contributed by atoms with E-state index in [-0.39, 0.29) is 24.3 Å². The largest absolute Gasteiger partial charge is 0.313 e. The zero-order valence-corrected chi connectivity index (χ0v) is 63.7. The van der Waals surface area contributed by atoms with E-state index in [0.29, 0.717) is 0 Å². The van der Waals surface area contributed by atoms with Crippen molar-refractivity contribution < 1.29 is 0 Å².